The summed E-state index contributed by atoms with van der Waals surface area (Å²) in [6.07, 6.45) is 1.44. The van der Waals surface area contributed by atoms with E-state index in [1.165, 1.54) is 18.6 Å². The van der Waals surface area contributed by atoms with Gasteiger partial charge < -0.3 is 5.73 Å². The van der Waals surface area contributed by atoms with Gasteiger partial charge in [0.1, 0.15) is 0 Å². The predicted molar refractivity (Wildman–Crippen MR) is 74.3 cm³/mol. The van der Waals surface area contributed by atoms with Crippen molar-refractivity contribution in [1.29, 1.82) is 0 Å². The van der Waals surface area contributed by atoms with Gasteiger partial charge in [-0.2, -0.15) is 13.2 Å². The Morgan fingerprint density at radius 2 is 2.10 bits per heavy atom. The number of halogens is 3. The SMILES string of the molecule is CCC1CCCC(N)(Cc2cccc(C(F)(F)F)c2)C1. The van der Waals surface area contributed by atoms with Gasteiger partial charge in [0, 0.05) is 5.54 Å². The van der Waals surface area contributed by atoms with Crippen LogP contribution in [0.3, 0.4) is 0 Å². The molecular weight excluding hydrogens is 263 g/mol. The van der Waals surface area contributed by atoms with Crippen molar-refractivity contribution in [3.05, 3.63) is 35.4 Å². The van der Waals surface area contributed by atoms with E-state index in [9.17, 15) is 13.2 Å². The summed E-state index contributed by atoms with van der Waals surface area (Å²) in [5, 5.41) is 0. The smallest absolute Gasteiger partial charge is 0.325 e. The molecule has 2 rings (SSSR count). The van der Waals surface area contributed by atoms with Gasteiger partial charge in [-0.3, -0.25) is 0 Å². The zero-order valence-corrected chi connectivity index (χ0v) is 11.8. The number of rotatable bonds is 3. The number of hydrogen-bond acceptors (Lipinski definition) is 1. The Kier molecular flexibility index (Phi) is 4.43. The fourth-order valence-corrected chi connectivity index (χ4v) is 3.30. The van der Waals surface area contributed by atoms with Gasteiger partial charge in [0.05, 0.1) is 5.56 Å². The van der Waals surface area contributed by atoms with Crippen LogP contribution in [0.5, 0.6) is 0 Å². The largest absolute Gasteiger partial charge is 0.416 e. The van der Waals surface area contributed by atoms with Crippen molar-refractivity contribution in [2.24, 2.45) is 11.7 Å². The Labute approximate surface area is 118 Å². The third-order valence-corrected chi connectivity index (χ3v) is 4.37. The van der Waals surface area contributed by atoms with Crippen LogP contribution in [0.4, 0.5) is 13.2 Å². The Morgan fingerprint density at radius 1 is 1.35 bits per heavy atom. The van der Waals surface area contributed by atoms with Crippen LogP contribution in [0, 0.1) is 5.92 Å². The first-order valence-electron chi connectivity index (χ1n) is 7.27. The lowest BCUT2D eigenvalue weighted by Crippen LogP contribution is -2.46. The monoisotopic (exact) mass is 285 g/mol. The zero-order valence-electron chi connectivity index (χ0n) is 11.8. The summed E-state index contributed by atoms with van der Waals surface area (Å²) in [6, 6.07) is 5.58. The Bertz CT molecular complexity index is 455. The molecular formula is C16H22F3N. The van der Waals surface area contributed by atoms with Crippen LogP contribution in [0.2, 0.25) is 0 Å². The van der Waals surface area contributed by atoms with E-state index in [2.05, 4.69) is 6.92 Å². The van der Waals surface area contributed by atoms with Gasteiger partial charge in [-0.1, -0.05) is 44.4 Å². The average molecular weight is 285 g/mol. The summed E-state index contributed by atoms with van der Waals surface area (Å²) >= 11 is 0. The lowest BCUT2D eigenvalue weighted by molar-refractivity contribution is -0.137. The van der Waals surface area contributed by atoms with Gasteiger partial charge in [0.25, 0.3) is 0 Å². The normalized spacial score (nSPS) is 27.6. The van der Waals surface area contributed by atoms with Gasteiger partial charge in [0.2, 0.25) is 0 Å². The Hall–Kier alpha value is -1.03. The van der Waals surface area contributed by atoms with E-state index >= 15 is 0 Å². The minimum Gasteiger partial charge on any atom is -0.325 e. The number of nitrogens with two attached hydrogens (primary N) is 1. The molecule has 0 radical (unpaired) electrons. The van der Waals surface area contributed by atoms with Crippen molar-refractivity contribution in [2.75, 3.05) is 0 Å². The van der Waals surface area contributed by atoms with Crippen LogP contribution in [-0.2, 0) is 12.6 Å². The number of hydrogen-bond donors (Lipinski definition) is 1. The molecule has 2 atom stereocenters. The first-order chi connectivity index (χ1) is 9.32. The minimum atomic E-state index is -4.28. The molecule has 0 bridgehead atoms. The molecule has 20 heavy (non-hydrogen) atoms. The summed E-state index contributed by atoms with van der Waals surface area (Å²) < 4.78 is 38.2. The standard InChI is InChI=1S/C16H22F3N/c1-2-12-6-4-8-15(20,10-12)11-13-5-3-7-14(9-13)16(17,18)19/h3,5,7,9,12H,2,4,6,8,10-11,20H2,1H3. The molecule has 1 aliphatic carbocycles. The molecule has 0 aromatic heterocycles. The topological polar surface area (TPSA) is 26.0 Å². The molecule has 2 unspecified atom stereocenters. The molecule has 1 aliphatic rings. The van der Waals surface area contributed by atoms with Crippen LogP contribution >= 0.6 is 0 Å². The highest BCUT2D eigenvalue weighted by molar-refractivity contribution is 5.27. The molecule has 1 aromatic carbocycles. The maximum atomic E-state index is 12.7. The Balaban J connectivity index is 2.13. The Morgan fingerprint density at radius 3 is 2.75 bits per heavy atom. The maximum absolute atomic E-state index is 12.7. The van der Waals surface area contributed by atoms with Crippen LogP contribution in [-0.4, -0.2) is 5.54 Å². The van der Waals surface area contributed by atoms with Gasteiger partial charge in [0.15, 0.2) is 0 Å². The van der Waals surface area contributed by atoms with Crippen LogP contribution < -0.4 is 5.73 Å². The molecule has 0 spiro atoms. The van der Waals surface area contributed by atoms with Crippen molar-refractivity contribution in [2.45, 2.75) is 57.2 Å². The lowest BCUT2D eigenvalue weighted by atomic mass is 9.72. The third-order valence-electron chi connectivity index (χ3n) is 4.37. The zero-order chi connectivity index (χ0) is 14.8. The molecule has 1 fully saturated rings. The first kappa shape index (κ1) is 15.4. The van der Waals surface area contributed by atoms with Crippen LogP contribution in [0.1, 0.15) is 50.2 Å². The van der Waals surface area contributed by atoms with E-state index in [0.29, 0.717) is 17.9 Å². The highest BCUT2D eigenvalue weighted by Crippen LogP contribution is 2.36. The van der Waals surface area contributed by atoms with Crippen molar-refractivity contribution < 1.29 is 13.2 Å². The van der Waals surface area contributed by atoms with Crippen molar-refractivity contribution >= 4 is 0 Å². The van der Waals surface area contributed by atoms with E-state index < -0.39 is 11.7 Å². The highest BCUT2D eigenvalue weighted by atomic mass is 19.4. The third kappa shape index (κ3) is 3.75. The average Bonchev–Trinajstić information content (AvgIpc) is 2.37. The quantitative estimate of drug-likeness (QED) is 0.866. The molecule has 2 N–H and O–H groups in total. The molecule has 0 heterocycles. The van der Waals surface area contributed by atoms with Crippen molar-refractivity contribution in [3.8, 4) is 0 Å². The van der Waals surface area contributed by atoms with Gasteiger partial charge in [-0.05, 0) is 36.8 Å². The summed E-state index contributed by atoms with van der Waals surface area (Å²) in [7, 11) is 0. The molecule has 1 nitrogen and oxygen atoms in total. The van der Waals surface area contributed by atoms with Gasteiger partial charge in [-0.25, -0.2) is 0 Å². The molecule has 1 saturated carbocycles. The van der Waals surface area contributed by atoms with Crippen molar-refractivity contribution in [1.82, 2.24) is 0 Å². The molecule has 0 saturated heterocycles. The molecule has 112 valence electrons. The molecule has 0 aliphatic heterocycles. The second-order valence-corrected chi connectivity index (χ2v) is 6.11. The summed E-state index contributed by atoms with van der Waals surface area (Å²) in [5.41, 5.74) is 6.20. The van der Waals surface area contributed by atoms with E-state index in [0.717, 1.165) is 31.7 Å². The van der Waals surface area contributed by atoms with E-state index in [-0.39, 0.29) is 5.54 Å². The number of benzene rings is 1. The van der Waals surface area contributed by atoms with E-state index in [1.807, 2.05) is 0 Å². The van der Waals surface area contributed by atoms with Crippen molar-refractivity contribution in [3.63, 3.8) is 0 Å². The predicted octanol–water partition coefficient (Wildman–Crippen LogP) is 4.55. The summed E-state index contributed by atoms with van der Waals surface area (Å²) in [5.74, 6) is 0.611. The maximum Gasteiger partial charge on any atom is 0.416 e. The van der Waals surface area contributed by atoms with E-state index in [4.69, 9.17) is 5.73 Å². The van der Waals surface area contributed by atoms with Gasteiger partial charge >= 0.3 is 6.18 Å². The fourth-order valence-electron chi connectivity index (χ4n) is 3.30. The highest BCUT2D eigenvalue weighted by Gasteiger charge is 2.34. The first-order valence-corrected chi connectivity index (χ1v) is 7.27. The summed E-state index contributed by atoms with van der Waals surface area (Å²) in [4.78, 5) is 0. The number of alkyl halides is 3. The fraction of sp³-hybridized carbons (Fsp3) is 0.625. The van der Waals surface area contributed by atoms with Crippen LogP contribution in [0.25, 0.3) is 0 Å². The van der Waals surface area contributed by atoms with E-state index in [1.54, 1.807) is 6.07 Å². The molecule has 4 heteroatoms. The van der Waals surface area contributed by atoms with Crippen LogP contribution in [0.15, 0.2) is 24.3 Å². The summed E-state index contributed by atoms with van der Waals surface area (Å²) in [6.45, 7) is 2.15. The second-order valence-electron chi connectivity index (χ2n) is 6.11. The molecule has 1 aromatic rings. The second kappa shape index (κ2) is 5.76. The molecule has 0 amide bonds. The minimum absolute atomic E-state index is 0.344. The lowest BCUT2D eigenvalue weighted by Gasteiger charge is -2.38. The van der Waals surface area contributed by atoms with Gasteiger partial charge in [-0.15, -0.1) is 0 Å².